The van der Waals surface area contributed by atoms with Gasteiger partial charge in [-0.1, -0.05) is 6.07 Å². The smallest absolute Gasteiger partial charge is 0.258 e. The number of carbonyl (C=O) groups is 2. The molecule has 5 rings (SSSR count). The predicted molar refractivity (Wildman–Crippen MR) is 143 cm³/mol. The number of fused-ring (bicyclic) bond motifs is 1. The van der Waals surface area contributed by atoms with Crippen molar-refractivity contribution < 1.29 is 28.2 Å². The minimum absolute atomic E-state index is 0.165. The first kappa shape index (κ1) is 25.2. The zero-order valence-corrected chi connectivity index (χ0v) is 21.7. The minimum Gasteiger partial charge on any atom is -0.493 e. The van der Waals surface area contributed by atoms with Crippen LogP contribution in [0.3, 0.4) is 0 Å². The minimum atomic E-state index is -0.379. The second kappa shape index (κ2) is 10.5. The molecule has 38 heavy (non-hydrogen) atoms. The molecule has 3 aromatic carbocycles. The monoisotopic (exact) mass is 533 g/mol. The SMILES string of the molecule is COc1cc(C(=O)Nc2nc(-c3ccc4c(c3)CCN4C(=O)c3ccc(F)cc3)cs2)cc(OC)c1OC. The van der Waals surface area contributed by atoms with Gasteiger partial charge in [0.1, 0.15) is 5.82 Å². The van der Waals surface area contributed by atoms with E-state index in [0.717, 1.165) is 16.8 Å². The van der Waals surface area contributed by atoms with Crippen molar-refractivity contribution in [2.45, 2.75) is 6.42 Å². The van der Waals surface area contributed by atoms with E-state index in [1.54, 1.807) is 17.0 Å². The molecule has 0 saturated carbocycles. The number of carbonyl (C=O) groups excluding carboxylic acids is 2. The molecule has 2 amide bonds. The van der Waals surface area contributed by atoms with Crippen LogP contribution in [0.5, 0.6) is 17.2 Å². The topological polar surface area (TPSA) is 90.0 Å². The second-order valence-corrected chi connectivity index (χ2v) is 9.32. The van der Waals surface area contributed by atoms with Gasteiger partial charge in [-0.05, 0) is 60.5 Å². The highest BCUT2D eigenvalue weighted by molar-refractivity contribution is 7.14. The number of anilines is 2. The standard InChI is InChI=1S/C28H24FN3O5S/c1-35-23-13-19(14-24(36-2)25(23)37-3)26(33)31-28-30-21(15-38-28)17-6-9-22-18(12-17)10-11-32(22)27(34)16-4-7-20(29)8-5-16/h4-9,12-15H,10-11H2,1-3H3,(H,30,31,33). The zero-order valence-electron chi connectivity index (χ0n) is 20.9. The largest absolute Gasteiger partial charge is 0.493 e. The molecule has 0 aliphatic carbocycles. The number of rotatable bonds is 7. The molecule has 0 bridgehead atoms. The summed E-state index contributed by atoms with van der Waals surface area (Å²) in [5.41, 5.74) is 4.21. The van der Waals surface area contributed by atoms with Gasteiger partial charge in [-0.2, -0.15) is 0 Å². The van der Waals surface area contributed by atoms with Crippen LogP contribution in [-0.2, 0) is 6.42 Å². The lowest BCUT2D eigenvalue weighted by Gasteiger charge is -2.17. The molecule has 0 saturated heterocycles. The molecule has 1 aliphatic heterocycles. The number of halogens is 1. The second-order valence-electron chi connectivity index (χ2n) is 8.46. The van der Waals surface area contributed by atoms with Crippen molar-refractivity contribution in [2.24, 2.45) is 0 Å². The van der Waals surface area contributed by atoms with Crippen molar-refractivity contribution >= 4 is 34.0 Å². The van der Waals surface area contributed by atoms with Gasteiger partial charge in [0.2, 0.25) is 5.75 Å². The van der Waals surface area contributed by atoms with Gasteiger partial charge in [-0.3, -0.25) is 14.9 Å². The Balaban J connectivity index is 1.33. The van der Waals surface area contributed by atoms with Crippen molar-refractivity contribution in [1.82, 2.24) is 4.98 Å². The maximum Gasteiger partial charge on any atom is 0.258 e. The van der Waals surface area contributed by atoms with E-state index in [9.17, 15) is 14.0 Å². The number of benzene rings is 3. The number of hydrogen-bond acceptors (Lipinski definition) is 7. The summed E-state index contributed by atoms with van der Waals surface area (Å²) in [7, 11) is 4.47. The molecule has 10 heteroatoms. The Kier molecular flexibility index (Phi) is 6.97. The number of hydrogen-bond donors (Lipinski definition) is 1. The fourth-order valence-corrected chi connectivity index (χ4v) is 5.08. The van der Waals surface area contributed by atoms with E-state index < -0.39 is 0 Å². The van der Waals surface area contributed by atoms with Gasteiger partial charge >= 0.3 is 0 Å². The van der Waals surface area contributed by atoms with Gasteiger partial charge in [0, 0.05) is 34.3 Å². The molecule has 0 radical (unpaired) electrons. The maximum atomic E-state index is 13.3. The van der Waals surface area contributed by atoms with E-state index in [0.29, 0.717) is 52.2 Å². The maximum absolute atomic E-state index is 13.3. The Hall–Kier alpha value is -4.44. The fraction of sp³-hybridized carbons (Fsp3) is 0.179. The molecule has 1 aromatic heterocycles. The number of aromatic nitrogens is 1. The Morgan fingerprint density at radius 1 is 0.947 bits per heavy atom. The van der Waals surface area contributed by atoms with Crippen LogP contribution in [0.2, 0.25) is 0 Å². The predicted octanol–water partition coefficient (Wildman–Crippen LogP) is 5.43. The number of methoxy groups -OCH3 is 3. The summed E-state index contributed by atoms with van der Waals surface area (Å²) < 4.78 is 29.2. The molecule has 1 N–H and O–H groups in total. The average molecular weight is 534 g/mol. The number of nitrogens with zero attached hydrogens (tertiary/aromatic N) is 2. The number of thiazole rings is 1. The van der Waals surface area contributed by atoms with E-state index >= 15 is 0 Å². The normalized spacial score (nSPS) is 12.2. The van der Waals surface area contributed by atoms with Crippen LogP contribution < -0.4 is 24.4 Å². The average Bonchev–Trinajstić information content (AvgIpc) is 3.59. The molecule has 194 valence electrons. The number of ether oxygens (including phenoxy) is 3. The third-order valence-electron chi connectivity index (χ3n) is 6.26. The van der Waals surface area contributed by atoms with E-state index in [2.05, 4.69) is 10.3 Å². The Morgan fingerprint density at radius 2 is 1.66 bits per heavy atom. The zero-order chi connectivity index (χ0) is 26.8. The molecular formula is C28H24FN3O5S. The molecule has 1 aliphatic rings. The Labute approximate surface area is 222 Å². The van der Waals surface area contributed by atoms with Crippen LogP contribution in [0.15, 0.2) is 60.0 Å². The van der Waals surface area contributed by atoms with Crippen LogP contribution in [0, 0.1) is 5.82 Å². The molecule has 2 heterocycles. The number of amides is 2. The fourth-order valence-electron chi connectivity index (χ4n) is 4.37. The van der Waals surface area contributed by atoms with Gasteiger partial charge in [0.05, 0.1) is 27.0 Å². The quantitative estimate of drug-likeness (QED) is 0.341. The van der Waals surface area contributed by atoms with Crippen molar-refractivity contribution in [2.75, 3.05) is 38.1 Å². The van der Waals surface area contributed by atoms with Crippen LogP contribution in [-0.4, -0.2) is 44.7 Å². The third-order valence-corrected chi connectivity index (χ3v) is 7.02. The summed E-state index contributed by atoms with van der Waals surface area (Å²) in [6.45, 7) is 0.544. The number of nitrogens with one attached hydrogen (secondary N) is 1. The van der Waals surface area contributed by atoms with Crippen molar-refractivity contribution in [1.29, 1.82) is 0 Å². The van der Waals surface area contributed by atoms with E-state index in [-0.39, 0.29) is 17.6 Å². The van der Waals surface area contributed by atoms with Crippen molar-refractivity contribution in [3.63, 3.8) is 0 Å². The molecule has 4 aromatic rings. The van der Waals surface area contributed by atoms with Gasteiger partial charge in [-0.25, -0.2) is 9.37 Å². The highest BCUT2D eigenvalue weighted by Gasteiger charge is 2.26. The van der Waals surface area contributed by atoms with E-state index in [1.165, 1.54) is 56.9 Å². The van der Waals surface area contributed by atoms with Crippen LogP contribution in [0.1, 0.15) is 26.3 Å². The van der Waals surface area contributed by atoms with Gasteiger partial charge in [-0.15, -0.1) is 11.3 Å². The summed E-state index contributed by atoms with van der Waals surface area (Å²) in [5, 5.41) is 5.12. The summed E-state index contributed by atoms with van der Waals surface area (Å²) in [6.07, 6.45) is 0.699. The van der Waals surface area contributed by atoms with E-state index in [4.69, 9.17) is 14.2 Å². The molecular weight excluding hydrogens is 509 g/mol. The third kappa shape index (κ3) is 4.78. The lowest BCUT2D eigenvalue weighted by Crippen LogP contribution is -2.28. The first-order valence-corrected chi connectivity index (χ1v) is 12.6. The summed E-state index contributed by atoms with van der Waals surface area (Å²) >= 11 is 1.31. The lowest BCUT2D eigenvalue weighted by atomic mass is 10.1. The molecule has 0 spiro atoms. The summed E-state index contributed by atoms with van der Waals surface area (Å²) in [6, 6.07) is 14.5. The Bertz CT molecular complexity index is 1490. The van der Waals surface area contributed by atoms with Crippen LogP contribution in [0.25, 0.3) is 11.3 Å². The van der Waals surface area contributed by atoms with Crippen molar-refractivity contribution in [3.8, 4) is 28.5 Å². The first-order valence-electron chi connectivity index (χ1n) is 11.7. The summed E-state index contributed by atoms with van der Waals surface area (Å²) in [4.78, 5) is 32.2. The van der Waals surface area contributed by atoms with Gasteiger partial charge in [0.25, 0.3) is 11.8 Å². The molecule has 0 unspecified atom stereocenters. The van der Waals surface area contributed by atoms with Gasteiger partial charge < -0.3 is 19.1 Å². The van der Waals surface area contributed by atoms with Crippen LogP contribution >= 0.6 is 11.3 Å². The molecule has 0 fully saturated rings. The van der Waals surface area contributed by atoms with Crippen LogP contribution in [0.4, 0.5) is 15.2 Å². The van der Waals surface area contributed by atoms with Crippen molar-refractivity contribution in [3.05, 3.63) is 82.5 Å². The van der Waals surface area contributed by atoms with E-state index in [1.807, 2.05) is 23.6 Å². The summed E-state index contributed by atoms with van der Waals surface area (Å²) in [5.74, 6) is 0.243. The highest BCUT2D eigenvalue weighted by Crippen LogP contribution is 2.39. The highest BCUT2D eigenvalue weighted by atomic mass is 32.1. The molecule has 8 nitrogen and oxygen atoms in total. The molecule has 0 atom stereocenters. The Morgan fingerprint density at radius 3 is 2.32 bits per heavy atom. The van der Waals surface area contributed by atoms with Gasteiger partial charge in [0.15, 0.2) is 16.6 Å². The first-order chi connectivity index (χ1) is 18.4. The lowest BCUT2D eigenvalue weighted by molar-refractivity contribution is 0.0987.